The van der Waals surface area contributed by atoms with Crippen molar-refractivity contribution >= 4 is 10.1 Å². The number of hydrogen-bond acceptors (Lipinski definition) is 5. The van der Waals surface area contributed by atoms with E-state index < -0.39 is 22.0 Å². The first-order valence-corrected chi connectivity index (χ1v) is 8.87. The van der Waals surface area contributed by atoms with Crippen molar-refractivity contribution < 1.29 is 22.6 Å². The van der Waals surface area contributed by atoms with Crippen LogP contribution in [0.3, 0.4) is 0 Å². The van der Waals surface area contributed by atoms with Gasteiger partial charge in [-0.05, 0) is 6.42 Å². The van der Waals surface area contributed by atoms with E-state index in [0.717, 1.165) is 25.8 Å². The summed E-state index contributed by atoms with van der Waals surface area (Å²) in [6.45, 7) is 5.34. The lowest BCUT2D eigenvalue weighted by molar-refractivity contribution is -0.921. The highest BCUT2D eigenvalue weighted by atomic mass is 32.2. The SMILES string of the molecule is CCCCCNC(CC)[N+](C)(C)CC(O)CS(=O)(=O)[O-]. The molecular formula is C13H30N2O4S. The van der Waals surface area contributed by atoms with Crippen LogP contribution in [0, 0.1) is 0 Å². The topological polar surface area (TPSA) is 89.5 Å². The Kier molecular flexibility index (Phi) is 8.85. The van der Waals surface area contributed by atoms with Gasteiger partial charge in [0.2, 0.25) is 0 Å². The van der Waals surface area contributed by atoms with E-state index in [-0.39, 0.29) is 12.7 Å². The molecule has 122 valence electrons. The predicted octanol–water partition coefficient (Wildman–Crippen LogP) is 0.485. The van der Waals surface area contributed by atoms with Gasteiger partial charge in [0.05, 0.1) is 30.0 Å². The normalized spacial score (nSPS) is 16.1. The predicted molar refractivity (Wildman–Crippen MR) is 79.2 cm³/mol. The summed E-state index contributed by atoms with van der Waals surface area (Å²) in [6.07, 6.45) is 3.32. The van der Waals surface area contributed by atoms with Crippen LogP contribution in [0.5, 0.6) is 0 Å². The molecule has 7 heteroatoms. The van der Waals surface area contributed by atoms with Crippen LogP contribution in [0.2, 0.25) is 0 Å². The average molecular weight is 310 g/mol. The average Bonchev–Trinajstić information content (AvgIpc) is 2.25. The van der Waals surface area contributed by atoms with Crippen LogP contribution >= 0.6 is 0 Å². The minimum absolute atomic E-state index is 0.135. The van der Waals surface area contributed by atoms with Crippen molar-refractivity contribution in [3.05, 3.63) is 0 Å². The molecule has 0 saturated carbocycles. The number of nitrogens with zero attached hydrogens (tertiary/aromatic N) is 1. The molecule has 0 fully saturated rings. The van der Waals surface area contributed by atoms with Crippen molar-refractivity contribution in [2.45, 2.75) is 51.8 Å². The van der Waals surface area contributed by atoms with Gasteiger partial charge < -0.3 is 14.1 Å². The van der Waals surface area contributed by atoms with Gasteiger partial charge in [0, 0.05) is 13.0 Å². The molecule has 0 radical (unpaired) electrons. The minimum Gasteiger partial charge on any atom is -0.748 e. The fourth-order valence-electron chi connectivity index (χ4n) is 2.49. The standard InChI is InChI=1S/C13H30N2O4S/c1-5-7-8-9-14-13(6-2)15(3,4)10-12(16)11-20(17,18)19/h12-14,16H,5-11H2,1-4H3. The second-order valence-corrected chi connectivity index (χ2v) is 7.37. The minimum atomic E-state index is -4.38. The van der Waals surface area contributed by atoms with E-state index in [2.05, 4.69) is 12.2 Å². The number of aliphatic hydroxyl groups excluding tert-OH is 1. The Morgan fingerprint density at radius 1 is 1.25 bits per heavy atom. The number of nitrogens with one attached hydrogen (secondary N) is 1. The maximum Gasteiger partial charge on any atom is 0.142 e. The first-order valence-electron chi connectivity index (χ1n) is 7.30. The zero-order valence-corrected chi connectivity index (χ0v) is 13.9. The summed E-state index contributed by atoms with van der Waals surface area (Å²) < 4.78 is 32.5. The Hall–Kier alpha value is -0.210. The summed E-state index contributed by atoms with van der Waals surface area (Å²) in [5, 5.41) is 13.2. The van der Waals surface area contributed by atoms with Crippen molar-refractivity contribution in [1.82, 2.24) is 5.32 Å². The summed E-state index contributed by atoms with van der Waals surface area (Å²) >= 11 is 0. The molecule has 0 aromatic heterocycles. The van der Waals surface area contributed by atoms with Crippen LogP contribution in [0.1, 0.15) is 39.5 Å². The van der Waals surface area contributed by atoms with Crippen LogP contribution < -0.4 is 5.32 Å². The van der Waals surface area contributed by atoms with Gasteiger partial charge in [-0.25, -0.2) is 8.42 Å². The molecule has 20 heavy (non-hydrogen) atoms. The largest absolute Gasteiger partial charge is 0.748 e. The quantitative estimate of drug-likeness (QED) is 0.251. The molecule has 0 amide bonds. The van der Waals surface area contributed by atoms with Gasteiger partial charge >= 0.3 is 0 Å². The molecule has 0 rings (SSSR count). The second-order valence-electron chi connectivity index (χ2n) is 5.92. The van der Waals surface area contributed by atoms with Gasteiger partial charge in [-0.2, -0.15) is 0 Å². The Labute approximate surface area is 123 Å². The number of unbranched alkanes of at least 4 members (excludes halogenated alkanes) is 2. The van der Waals surface area contributed by atoms with E-state index in [1.54, 1.807) is 0 Å². The van der Waals surface area contributed by atoms with Gasteiger partial charge in [0.25, 0.3) is 0 Å². The zero-order chi connectivity index (χ0) is 15.8. The van der Waals surface area contributed by atoms with Crippen molar-refractivity contribution in [3.8, 4) is 0 Å². The molecule has 0 aliphatic heterocycles. The summed E-state index contributed by atoms with van der Waals surface area (Å²) in [4.78, 5) is 0. The monoisotopic (exact) mass is 310 g/mol. The Balaban J connectivity index is 4.40. The van der Waals surface area contributed by atoms with E-state index in [1.807, 2.05) is 21.0 Å². The van der Waals surface area contributed by atoms with Crippen LogP contribution in [-0.2, 0) is 10.1 Å². The summed E-state index contributed by atoms with van der Waals surface area (Å²) in [6, 6.07) is 0. The van der Waals surface area contributed by atoms with Gasteiger partial charge in [-0.1, -0.05) is 26.7 Å². The molecule has 0 aromatic carbocycles. The second kappa shape index (κ2) is 8.94. The molecule has 2 unspecified atom stereocenters. The maximum absolute atomic E-state index is 10.7. The van der Waals surface area contributed by atoms with Gasteiger partial charge in [-0.3, -0.25) is 5.32 Å². The molecule has 0 heterocycles. The Morgan fingerprint density at radius 2 is 1.85 bits per heavy atom. The highest BCUT2D eigenvalue weighted by molar-refractivity contribution is 7.85. The van der Waals surface area contributed by atoms with Crippen LogP contribution in [-0.4, -0.2) is 67.8 Å². The van der Waals surface area contributed by atoms with Crippen molar-refractivity contribution in [1.29, 1.82) is 0 Å². The van der Waals surface area contributed by atoms with Crippen molar-refractivity contribution in [2.24, 2.45) is 0 Å². The lowest BCUT2D eigenvalue weighted by Crippen LogP contribution is -2.59. The molecule has 2 atom stereocenters. The number of quaternary nitrogens is 1. The third-order valence-corrected chi connectivity index (χ3v) is 4.26. The summed E-state index contributed by atoms with van der Waals surface area (Å²) in [7, 11) is -0.519. The first kappa shape index (κ1) is 19.8. The van der Waals surface area contributed by atoms with E-state index in [1.165, 1.54) is 6.42 Å². The highest BCUT2D eigenvalue weighted by Crippen LogP contribution is 2.10. The van der Waals surface area contributed by atoms with Gasteiger partial charge in [-0.15, -0.1) is 0 Å². The molecule has 0 saturated heterocycles. The third kappa shape index (κ3) is 8.86. The van der Waals surface area contributed by atoms with E-state index in [9.17, 15) is 18.1 Å². The fourth-order valence-corrected chi connectivity index (χ4v) is 3.06. The van der Waals surface area contributed by atoms with Gasteiger partial charge in [0.15, 0.2) is 0 Å². The molecular weight excluding hydrogens is 280 g/mol. The van der Waals surface area contributed by atoms with E-state index >= 15 is 0 Å². The Bertz CT molecular complexity index is 357. The number of likely N-dealkylation sites (N-methyl/N-ethyl adjacent to an activating group) is 1. The fraction of sp³-hybridized carbons (Fsp3) is 1.00. The summed E-state index contributed by atoms with van der Waals surface area (Å²) in [5.41, 5.74) is 0. The molecule has 0 bridgehead atoms. The lowest BCUT2D eigenvalue weighted by atomic mass is 10.2. The van der Waals surface area contributed by atoms with Crippen LogP contribution in [0.15, 0.2) is 0 Å². The summed E-state index contributed by atoms with van der Waals surface area (Å²) in [5.74, 6) is -0.721. The highest BCUT2D eigenvalue weighted by Gasteiger charge is 2.29. The van der Waals surface area contributed by atoms with Crippen molar-refractivity contribution in [3.63, 3.8) is 0 Å². The van der Waals surface area contributed by atoms with Gasteiger partial charge in [0.1, 0.15) is 18.8 Å². The molecule has 0 aliphatic rings. The lowest BCUT2D eigenvalue weighted by Gasteiger charge is -2.39. The van der Waals surface area contributed by atoms with Crippen LogP contribution in [0.4, 0.5) is 0 Å². The third-order valence-electron chi connectivity index (χ3n) is 3.47. The molecule has 2 N–H and O–H groups in total. The molecule has 0 aromatic rings. The maximum atomic E-state index is 10.7. The zero-order valence-electron chi connectivity index (χ0n) is 13.1. The Morgan fingerprint density at radius 3 is 2.30 bits per heavy atom. The molecule has 0 aliphatic carbocycles. The molecule has 0 spiro atoms. The van der Waals surface area contributed by atoms with E-state index in [0.29, 0.717) is 4.48 Å². The number of aliphatic hydroxyl groups is 1. The first-order chi connectivity index (χ1) is 9.12. The van der Waals surface area contributed by atoms with Crippen LogP contribution in [0.25, 0.3) is 0 Å². The number of hydrogen-bond donors (Lipinski definition) is 2. The smallest absolute Gasteiger partial charge is 0.142 e. The number of rotatable bonds is 11. The molecule has 6 nitrogen and oxygen atoms in total. The van der Waals surface area contributed by atoms with Crippen molar-refractivity contribution in [2.75, 3.05) is 32.9 Å². The van der Waals surface area contributed by atoms with E-state index in [4.69, 9.17) is 0 Å².